The normalized spacial score (nSPS) is 11.0. The number of esters is 4. The lowest BCUT2D eigenvalue weighted by Crippen LogP contribution is -2.05. The summed E-state index contributed by atoms with van der Waals surface area (Å²) in [5.74, 6) is 4.21. The molecule has 0 radical (unpaired) electrons. The molecule has 0 saturated carbocycles. The van der Waals surface area contributed by atoms with Crippen molar-refractivity contribution in [2.75, 3.05) is 66.1 Å². The second-order valence-electron chi connectivity index (χ2n) is 30.7. The fourth-order valence-corrected chi connectivity index (χ4v) is 14.6. The summed E-state index contributed by atoms with van der Waals surface area (Å²) in [7, 11) is 0. The van der Waals surface area contributed by atoms with Gasteiger partial charge in [-0.2, -0.15) is 19.2 Å². The van der Waals surface area contributed by atoms with Crippen LogP contribution in [0.3, 0.4) is 0 Å². The lowest BCUT2D eigenvalue weighted by atomic mass is 9.93. The zero-order valence-corrected chi connectivity index (χ0v) is 72.5. The molecule has 0 aromatic heterocycles. The Hall–Kier alpha value is -6.90. The van der Waals surface area contributed by atoms with Crippen LogP contribution in [0.25, 0.3) is 32.3 Å². The largest absolute Gasteiger partial charge is 0.490 e. The molecule has 0 bridgehead atoms. The summed E-state index contributed by atoms with van der Waals surface area (Å²) >= 11 is 0. The smallest absolute Gasteiger partial charge is 0.373 e. The maximum absolute atomic E-state index is 11.9. The van der Waals surface area contributed by atoms with Gasteiger partial charge in [0.25, 0.3) is 0 Å². The number of hydrogen-bond acceptors (Lipinski definition) is 18. The maximum atomic E-state index is 11.9. The molecule has 0 aliphatic heterocycles. The Labute approximate surface area is 688 Å². The lowest BCUT2D eigenvalue weighted by Gasteiger charge is -2.21. The number of hydrogen-bond donors (Lipinski definition) is 0. The van der Waals surface area contributed by atoms with Crippen LogP contribution in [0.1, 0.15) is 401 Å². The minimum atomic E-state index is -0.0911. The molecule has 114 heavy (non-hydrogen) atoms. The van der Waals surface area contributed by atoms with Crippen molar-refractivity contribution >= 4 is 68.5 Å². The highest BCUT2D eigenvalue weighted by Gasteiger charge is 2.22. The molecule has 0 fully saturated rings. The van der Waals surface area contributed by atoms with Gasteiger partial charge in [0.05, 0.1) is 66.1 Å². The molecule has 4 aromatic carbocycles. The van der Waals surface area contributed by atoms with Crippen LogP contribution in [0.5, 0.6) is 34.5 Å². The quantitative estimate of drug-likeness (QED) is 0.0173. The molecular weight excluding hydrogens is 1440 g/mol. The van der Waals surface area contributed by atoms with Crippen LogP contribution < -0.4 is 28.4 Å². The monoisotopic (exact) mass is 1600 g/mol. The molecule has 18 heteroatoms. The van der Waals surface area contributed by atoms with Crippen LogP contribution in [0.4, 0.5) is 0 Å². The summed E-state index contributed by atoms with van der Waals surface area (Å²) in [6.07, 6.45) is 61.8. The summed E-state index contributed by atoms with van der Waals surface area (Å²) < 4.78 is 62.4. The van der Waals surface area contributed by atoms with Gasteiger partial charge >= 0.3 is 36.2 Å². The molecule has 0 amide bonds. The van der Waals surface area contributed by atoms with Crippen LogP contribution in [-0.4, -0.2) is 102 Å². The average molecular weight is 1600 g/mol. The van der Waals surface area contributed by atoms with Gasteiger partial charge in [-0.15, -0.1) is 0 Å². The number of benzene rings is 4. The summed E-state index contributed by atoms with van der Waals surface area (Å²) in [6, 6.07) is 13.5. The number of fused-ring (bicyclic) bond motifs is 6. The first kappa shape index (κ1) is 103. The molecule has 4 aromatic rings. The van der Waals surface area contributed by atoms with Crippen molar-refractivity contribution in [1.29, 1.82) is 0 Å². The van der Waals surface area contributed by atoms with Crippen molar-refractivity contribution in [3.05, 3.63) is 36.4 Å². The molecule has 0 aliphatic carbocycles. The van der Waals surface area contributed by atoms with E-state index < -0.39 is 0 Å². The highest BCUT2D eigenvalue weighted by molar-refractivity contribution is 6.27. The second kappa shape index (κ2) is 74.9. The second-order valence-corrected chi connectivity index (χ2v) is 30.7. The number of ether oxygens (including phenoxy) is 10. The van der Waals surface area contributed by atoms with Crippen LogP contribution in [-0.2, 0) is 57.3 Å². The van der Waals surface area contributed by atoms with Crippen LogP contribution in [0, 0.1) is 0 Å². The summed E-state index contributed by atoms with van der Waals surface area (Å²) in [4.78, 5) is 80.1. The summed E-state index contributed by atoms with van der Waals surface area (Å²) in [5, 5.41) is 6.39. The van der Waals surface area contributed by atoms with E-state index in [-0.39, 0.29) is 36.2 Å². The standard InChI is InChI=1S/C94H156O14.2CO2/c1-7-13-15-17-19-21-27-37-47-57-67-103-85-73-79-80(74-86(85)104-68-58-48-38-28-22-20-18-16-14-8-2)82-76-88(106-70-60-50-40-30-24-34-44-54-64-92(96)100-10-4)90(108-72-62-52-42-32-26-36-46-56-66-94(98)102-12-6)78-84(82)83-77-89(107-71-61-51-41-31-25-35-45-55-65-93(97)101-11-5)87(75-81(79)83)105-69-59-49-39-29-23-33-43-53-63-91(95)99-9-3;2*2-1-3/h73-78H,7-72H2,1-6H3;;. The fraction of sp³-hybridized carbons (Fsp3) is 0.750. The van der Waals surface area contributed by atoms with Crippen molar-refractivity contribution in [1.82, 2.24) is 0 Å². The highest BCUT2D eigenvalue weighted by atomic mass is 16.6. The topological polar surface area (TPSA) is 229 Å². The van der Waals surface area contributed by atoms with Gasteiger partial charge in [-0.05, 0) is 161 Å². The van der Waals surface area contributed by atoms with E-state index in [0.29, 0.717) is 91.8 Å². The van der Waals surface area contributed by atoms with Gasteiger partial charge in [-0.1, -0.05) is 284 Å². The molecular formula is C96H156O18. The average Bonchev–Trinajstić information content (AvgIpc) is 0.726. The zero-order chi connectivity index (χ0) is 82.6. The van der Waals surface area contributed by atoms with E-state index in [1.165, 1.54) is 103 Å². The van der Waals surface area contributed by atoms with Gasteiger partial charge in [0.2, 0.25) is 0 Å². The first-order valence-corrected chi connectivity index (χ1v) is 45.9. The molecule has 0 heterocycles. The Morgan fingerprint density at radius 2 is 0.325 bits per heavy atom. The molecule has 648 valence electrons. The Balaban J connectivity index is 0.00000711. The molecule has 4 rings (SSSR count). The van der Waals surface area contributed by atoms with Crippen LogP contribution in [0.2, 0.25) is 0 Å². The third-order valence-corrected chi connectivity index (χ3v) is 21.0. The minimum absolute atomic E-state index is 0.0902. The van der Waals surface area contributed by atoms with Gasteiger partial charge in [0.15, 0.2) is 34.5 Å². The van der Waals surface area contributed by atoms with Gasteiger partial charge in [-0.25, -0.2) is 0 Å². The van der Waals surface area contributed by atoms with E-state index in [0.717, 1.165) is 298 Å². The zero-order valence-electron chi connectivity index (χ0n) is 72.5. The number of unbranched alkanes of at least 4 members (excludes halogenated alkanes) is 46. The third-order valence-electron chi connectivity index (χ3n) is 21.0. The predicted octanol–water partition coefficient (Wildman–Crippen LogP) is 26.4. The van der Waals surface area contributed by atoms with Crippen molar-refractivity contribution in [3.63, 3.8) is 0 Å². The van der Waals surface area contributed by atoms with Crippen molar-refractivity contribution in [2.45, 2.75) is 401 Å². The van der Waals surface area contributed by atoms with Crippen LogP contribution >= 0.6 is 0 Å². The van der Waals surface area contributed by atoms with Crippen molar-refractivity contribution in [2.24, 2.45) is 0 Å². The van der Waals surface area contributed by atoms with Gasteiger partial charge < -0.3 is 47.4 Å². The lowest BCUT2D eigenvalue weighted by molar-refractivity contribution is -0.193. The third kappa shape index (κ3) is 52.6. The fourth-order valence-electron chi connectivity index (χ4n) is 14.6. The molecule has 0 unspecified atom stereocenters. The Bertz CT molecular complexity index is 2910. The summed E-state index contributed by atoms with van der Waals surface area (Å²) in [6.45, 7) is 17.3. The number of carbonyl (C=O) groups is 4. The van der Waals surface area contributed by atoms with E-state index in [2.05, 4.69) is 50.2 Å². The Kier molecular flexibility index (Phi) is 67.8. The van der Waals surface area contributed by atoms with Crippen LogP contribution in [0.15, 0.2) is 36.4 Å². The van der Waals surface area contributed by atoms with E-state index in [1.807, 2.05) is 27.7 Å². The molecule has 0 aliphatic rings. The molecule has 0 spiro atoms. The van der Waals surface area contributed by atoms with E-state index in [9.17, 15) is 19.2 Å². The van der Waals surface area contributed by atoms with Crippen molar-refractivity contribution < 1.29 is 85.7 Å². The first-order chi connectivity index (χ1) is 56.0. The first-order valence-electron chi connectivity index (χ1n) is 45.9. The molecule has 18 nitrogen and oxygen atoms in total. The molecule has 0 atom stereocenters. The Morgan fingerprint density at radius 1 is 0.202 bits per heavy atom. The van der Waals surface area contributed by atoms with Gasteiger partial charge in [-0.3, -0.25) is 19.2 Å². The number of carbonyl (C=O) groups excluding carboxylic acids is 8. The highest BCUT2D eigenvalue weighted by Crippen LogP contribution is 2.48. The van der Waals surface area contributed by atoms with Gasteiger partial charge in [0, 0.05) is 25.7 Å². The van der Waals surface area contributed by atoms with E-state index in [1.54, 1.807) is 0 Å². The minimum Gasteiger partial charge on any atom is -0.490 e. The maximum Gasteiger partial charge on any atom is 0.373 e. The van der Waals surface area contributed by atoms with Gasteiger partial charge in [0.1, 0.15) is 0 Å². The Morgan fingerprint density at radius 3 is 0.456 bits per heavy atom. The van der Waals surface area contributed by atoms with E-state index in [4.69, 9.17) is 66.5 Å². The van der Waals surface area contributed by atoms with E-state index >= 15 is 0 Å². The SMILES string of the molecule is CCCCCCCCCCCCOc1cc2c(cc1OCCCCCCCCCCCC)c1cc(OCCCCCCCCCCC(=O)OCC)c(OCCCCCCCCCCC(=O)OCC)cc1c1cc(OCCCCCCCCCCC(=O)OCC)c(OCCCCCCCCCCC(=O)OCC)cc21.O=C=O.O=C=O. The number of rotatable bonds is 76. The van der Waals surface area contributed by atoms with Crippen molar-refractivity contribution in [3.8, 4) is 34.5 Å². The molecule has 0 saturated heterocycles. The summed E-state index contributed by atoms with van der Waals surface area (Å²) in [5.41, 5.74) is 0. The molecule has 0 N–H and O–H groups in total. The predicted molar refractivity (Wildman–Crippen MR) is 458 cm³/mol.